The van der Waals surface area contributed by atoms with Gasteiger partial charge in [0.1, 0.15) is 6.17 Å². The van der Waals surface area contributed by atoms with Crippen LogP contribution in [0.2, 0.25) is 0 Å². The highest BCUT2D eigenvalue weighted by atomic mass is 19.1. The van der Waals surface area contributed by atoms with Crippen LogP contribution in [0.3, 0.4) is 0 Å². The van der Waals surface area contributed by atoms with Crippen molar-refractivity contribution in [2.24, 2.45) is 5.92 Å². The summed E-state index contributed by atoms with van der Waals surface area (Å²) in [4.78, 5) is 4.28. The Hall–Kier alpha value is -1.64. The fourth-order valence-corrected chi connectivity index (χ4v) is 4.27. The minimum Gasteiger partial charge on any atom is -0.330 e. The van der Waals surface area contributed by atoms with E-state index in [0.717, 1.165) is 19.4 Å². The molecule has 1 aliphatic carbocycles. The molecular formula is C19H23FN2. The van der Waals surface area contributed by atoms with Crippen molar-refractivity contribution >= 4 is 0 Å². The third kappa shape index (κ3) is 2.47. The SMILES string of the molecule is FC(CC1Cn2cncc2-c2ccccc21)C1CCCCC1. The lowest BCUT2D eigenvalue weighted by Gasteiger charge is -2.31. The molecule has 4 rings (SSSR count). The van der Waals surface area contributed by atoms with Crippen molar-refractivity contribution in [2.75, 3.05) is 0 Å². The van der Waals surface area contributed by atoms with E-state index in [4.69, 9.17) is 0 Å². The highest BCUT2D eigenvalue weighted by Crippen LogP contribution is 2.40. The van der Waals surface area contributed by atoms with Gasteiger partial charge in [-0.1, -0.05) is 43.5 Å². The van der Waals surface area contributed by atoms with Crippen molar-refractivity contribution in [3.05, 3.63) is 42.4 Å². The Balaban J connectivity index is 1.58. The Bertz CT molecular complexity index is 642. The molecule has 0 N–H and O–H groups in total. The first-order valence-corrected chi connectivity index (χ1v) is 8.56. The number of rotatable bonds is 3. The van der Waals surface area contributed by atoms with Crippen molar-refractivity contribution in [3.63, 3.8) is 0 Å². The van der Waals surface area contributed by atoms with E-state index in [0.29, 0.717) is 6.42 Å². The molecule has 2 aliphatic rings. The molecule has 3 heteroatoms. The largest absolute Gasteiger partial charge is 0.330 e. The quantitative estimate of drug-likeness (QED) is 0.783. The van der Waals surface area contributed by atoms with Gasteiger partial charge in [0.05, 0.1) is 18.2 Å². The van der Waals surface area contributed by atoms with Gasteiger partial charge in [-0.2, -0.15) is 0 Å². The second-order valence-corrected chi connectivity index (χ2v) is 6.87. The standard InChI is InChI=1S/C19H23FN2/c20-18(14-6-2-1-3-7-14)10-15-12-22-13-21-11-19(22)17-9-5-4-8-16(15)17/h4-5,8-9,11,13-15,18H,1-3,6-7,10,12H2. The predicted molar refractivity (Wildman–Crippen MR) is 86.5 cm³/mol. The first-order chi connectivity index (χ1) is 10.8. The van der Waals surface area contributed by atoms with Gasteiger partial charge in [-0.25, -0.2) is 9.37 Å². The maximum atomic E-state index is 14.8. The number of fused-ring (bicyclic) bond motifs is 3. The molecule has 1 aliphatic heterocycles. The smallest absolute Gasteiger partial charge is 0.104 e. The molecule has 1 aromatic carbocycles. The molecule has 0 amide bonds. The van der Waals surface area contributed by atoms with Crippen LogP contribution in [-0.4, -0.2) is 15.7 Å². The number of hydrogen-bond acceptors (Lipinski definition) is 1. The van der Waals surface area contributed by atoms with Crippen LogP contribution in [0.5, 0.6) is 0 Å². The van der Waals surface area contributed by atoms with Gasteiger partial charge in [0.15, 0.2) is 0 Å². The van der Waals surface area contributed by atoms with Crippen molar-refractivity contribution in [1.82, 2.24) is 9.55 Å². The Labute approximate surface area is 131 Å². The predicted octanol–water partition coefficient (Wildman–Crippen LogP) is 4.96. The molecule has 0 saturated heterocycles. The van der Waals surface area contributed by atoms with Gasteiger partial charge in [0, 0.05) is 18.0 Å². The van der Waals surface area contributed by atoms with Gasteiger partial charge >= 0.3 is 0 Å². The van der Waals surface area contributed by atoms with Crippen LogP contribution in [-0.2, 0) is 6.54 Å². The van der Waals surface area contributed by atoms with Crippen molar-refractivity contribution in [2.45, 2.75) is 57.2 Å². The van der Waals surface area contributed by atoms with Gasteiger partial charge in [-0.15, -0.1) is 0 Å². The fraction of sp³-hybridized carbons (Fsp3) is 0.526. The Morgan fingerprint density at radius 1 is 1.18 bits per heavy atom. The van der Waals surface area contributed by atoms with Crippen LogP contribution in [0.25, 0.3) is 11.3 Å². The van der Waals surface area contributed by atoms with E-state index in [1.807, 2.05) is 12.5 Å². The molecule has 2 unspecified atom stereocenters. The summed E-state index contributed by atoms with van der Waals surface area (Å²) in [5, 5.41) is 0. The number of nitrogens with zero attached hydrogens (tertiary/aromatic N) is 2. The zero-order chi connectivity index (χ0) is 14.9. The van der Waals surface area contributed by atoms with Crippen LogP contribution in [0, 0.1) is 5.92 Å². The lowest BCUT2D eigenvalue weighted by molar-refractivity contribution is 0.158. The zero-order valence-corrected chi connectivity index (χ0v) is 12.9. The van der Waals surface area contributed by atoms with Gasteiger partial charge in [0.2, 0.25) is 0 Å². The molecule has 1 saturated carbocycles. The molecule has 1 fully saturated rings. The van der Waals surface area contributed by atoms with Gasteiger partial charge in [-0.3, -0.25) is 0 Å². The zero-order valence-electron chi connectivity index (χ0n) is 12.9. The number of halogens is 1. The van der Waals surface area contributed by atoms with Crippen LogP contribution < -0.4 is 0 Å². The van der Waals surface area contributed by atoms with E-state index in [-0.39, 0.29) is 11.8 Å². The van der Waals surface area contributed by atoms with E-state index < -0.39 is 6.17 Å². The summed E-state index contributed by atoms with van der Waals surface area (Å²) in [6.07, 6.45) is 9.64. The highest BCUT2D eigenvalue weighted by Gasteiger charge is 2.30. The van der Waals surface area contributed by atoms with Gasteiger partial charge in [0.25, 0.3) is 0 Å². The molecule has 2 atom stereocenters. The normalized spacial score (nSPS) is 22.9. The summed E-state index contributed by atoms with van der Waals surface area (Å²) in [6, 6.07) is 8.45. The Kier molecular flexibility index (Phi) is 3.73. The number of hydrogen-bond donors (Lipinski definition) is 0. The molecule has 2 heterocycles. The molecule has 2 nitrogen and oxygen atoms in total. The van der Waals surface area contributed by atoms with E-state index in [1.165, 1.54) is 36.1 Å². The monoisotopic (exact) mass is 298 g/mol. The average Bonchev–Trinajstić information content (AvgIpc) is 3.04. The van der Waals surface area contributed by atoms with Crippen LogP contribution in [0.15, 0.2) is 36.8 Å². The summed E-state index contributed by atoms with van der Waals surface area (Å²) in [7, 11) is 0. The summed E-state index contributed by atoms with van der Waals surface area (Å²) >= 11 is 0. The summed E-state index contributed by atoms with van der Waals surface area (Å²) < 4.78 is 17.0. The second-order valence-electron chi connectivity index (χ2n) is 6.87. The third-order valence-electron chi connectivity index (χ3n) is 5.48. The summed E-state index contributed by atoms with van der Waals surface area (Å²) in [5.74, 6) is 0.555. The minimum atomic E-state index is -0.663. The topological polar surface area (TPSA) is 17.8 Å². The van der Waals surface area contributed by atoms with Gasteiger partial charge in [-0.05, 0) is 30.7 Å². The van der Waals surface area contributed by atoms with Crippen LogP contribution >= 0.6 is 0 Å². The lowest BCUT2D eigenvalue weighted by Crippen LogP contribution is -2.25. The summed E-state index contributed by atoms with van der Waals surface area (Å²) in [5.41, 5.74) is 3.70. The number of benzene rings is 1. The molecule has 22 heavy (non-hydrogen) atoms. The van der Waals surface area contributed by atoms with E-state index in [1.54, 1.807) is 0 Å². The van der Waals surface area contributed by atoms with Gasteiger partial charge < -0.3 is 4.57 Å². The third-order valence-corrected chi connectivity index (χ3v) is 5.48. The summed E-state index contributed by atoms with van der Waals surface area (Å²) in [6.45, 7) is 0.861. The number of alkyl halides is 1. The maximum Gasteiger partial charge on any atom is 0.104 e. The highest BCUT2D eigenvalue weighted by molar-refractivity contribution is 5.66. The first kappa shape index (κ1) is 14.0. The molecule has 1 aromatic heterocycles. The molecular weight excluding hydrogens is 275 g/mol. The number of imidazole rings is 1. The average molecular weight is 298 g/mol. The molecule has 116 valence electrons. The number of aromatic nitrogens is 2. The fourth-order valence-electron chi connectivity index (χ4n) is 4.27. The molecule has 0 bridgehead atoms. The Morgan fingerprint density at radius 2 is 2.00 bits per heavy atom. The van der Waals surface area contributed by atoms with Crippen molar-refractivity contribution < 1.29 is 4.39 Å². The van der Waals surface area contributed by atoms with E-state index in [2.05, 4.69) is 33.8 Å². The molecule has 0 radical (unpaired) electrons. The van der Waals surface area contributed by atoms with E-state index in [9.17, 15) is 4.39 Å². The maximum absolute atomic E-state index is 14.8. The molecule has 0 spiro atoms. The lowest BCUT2D eigenvalue weighted by atomic mass is 9.79. The second kappa shape index (κ2) is 5.86. The molecule has 2 aromatic rings. The van der Waals surface area contributed by atoms with Crippen LogP contribution in [0.1, 0.15) is 50.0 Å². The first-order valence-electron chi connectivity index (χ1n) is 8.56. The van der Waals surface area contributed by atoms with Crippen LogP contribution in [0.4, 0.5) is 4.39 Å². The Morgan fingerprint density at radius 3 is 2.86 bits per heavy atom. The van der Waals surface area contributed by atoms with Crippen molar-refractivity contribution in [3.8, 4) is 11.3 Å². The minimum absolute atomic E-state index is 0.273. The van der Waals surface area contributed by atoms with E-state index >= 15 is 0 Å². The van der Waals surface area contributed by atoms with Crippen molar-refractivity contribution in [1.29, 1.82) is 0 Å².